The Hall–Kier alpha value is -2.73. The van der Waals surface area contributed by atoms with Crippen molar-refractivity contribution in [1.29, 1.82) is 0 Å². The third kappa shape index (κ3) is 3.76. The fourth-order valence-corrected chi connectivity index (χ4v) is 8.44. The van der Waals surface area contributed by atoms with Crippen LogP contribution in [-0.4, -0.2) is 37.6 Å². The molecule has 2 saturated heterocycles. The molecule has 6 nitrogen and oxygen atoms in total. The predicted octanol–water partition coefficient (Wildman–Crippen LogP) is 5.28. The van der Waals surface area contributed by atoms with Gasteiger partial charge in [-0.2, -0.15) is 0 Å². The van der Waals surface area contributed by atoms with E-state index in [4.69, 9.17) is 4.98 Å². The van der Waals surface area contributed by atoms with Crippen molar-refractivity contribution in [3.63, 3.8) is 0 Å². The van der Waals surface area contributed by atoms with Gasteiger partial charge in [0.25, 0.3) is 11.1 Å². The third-order valence-corrected chi connectivity index (χ3v) is 9.76. The number of nitrogens with zero attached hydrogens (tertiary/aromatic N) is 3. The number of fused-ring (bicyclic) bond motifs is 5. The fraction of sp³-hybridized carbons (Fsp3) is 0.567. The number of para-hydroxylation sites is 2. The molecule has 2 aliphatic heterocycles. The van der Waals surface area contributed by atoms with E-state index in [0.717, 1.165) is 41.8 Å². The third-order valence-electron chi connectivity index (χ3n) is 9.76. The molecule has 3 aromatic rings. The highest BCUT2D eigenvalue weighted by molar-refractivity contribution is 5.77. The van der Waals surface area contributed by atoms with Gasteiger partial charge in [-0.05, 0) is 81.0 Å². The first-order valence-corrected chi connectivity index (χ1v) is 14.1. The molecule has 0 amide bonds. The summed E-state index contributed by atoms with van der Waals surface area (Å²) in [5.74, 6) is 1.86. The lowest BCUT2D eigenvalue weighted by molar-refractivity contribution is -0.0485. The monoisotopic (exact) mass is 484 g/mol. The molecular weight excluding hydrogens is 448 g/mol. The maximum atomic E-state index is 14.0. The van der Waals surface area contributed by atoms with Gasteiger partial charge in [0.1, 0.15) is 5.69 Å². The highest BCUT2D eigenvalue weighted by atomic mass is 16.1. The van der Waals surface area contributed by atoms with Crippen LogP contribution in [0.25, 0.3) is 22.3 Å². The molecule has 36 heavy (non-hydrogen) atoms. The number of hydrogen-bond acceptors (Lipinski definition) is 4. The molecule has 188 valence electrons. The zero-order chi connectivity index (χ0) is 24.2. The van der Waals surface area contributed by atoms with E-state index in [2.05, 4.69) is 9.88 Å². The Morgan fingerprint density at radius 3 is 2.22 bits per heavy atom. The normalized spacial score (nSPS) is 32.4. The van der Waals surface area contributed by atoms with Crippen LogP contribution in [0.3, 0.4) is 0 Å². The van der Waals surface area contributed by atoms with Crippen molar-refractivity contribution in [2.45, 2.75) is 94.8 Å². The molecule has 4 bridgehead atoms. The van der Waals surface area contributed by atoms with Gasteiger partial charge in [-0.3, -0.25) is 14.5 Å². The topological polar surface area (TPSA) is 71.0 Å². The maximum absolute atomic E-state index is 14.0. The Balaban J connectivity index is 1.27. The number of rotatable bonds is 3. The first-order valence-electron chi connectivity index (χ1n) is 14.1. The van der Waals surface area contributed by atoms with Crippen LogP contribution in [-0.2, 0) is 0 Å². The van der Waals surface area contributed by atoms with Gasteiger partial charge in [0, 0.05) is 30.4 Å². The second-order valence-corrected chi connectivity index (χ2v) is 11.9. The van der Waals surface area contributed by atoms with E-state index in [0.29, 0.717) is 17.6 Å². The zero-order valence-electron chi connectivity index (χ0n) is 20.9. The Labute approximate surface area is 211 Å². The minimum absolute atomic E-state index is 0.130. The van der Waals surface area contributed by atoms with Crippen LogP contribution in [0.1, 0.15) is 76.7 Å². The molecule has 2 saturated carbocycles. The van der Waals surface area contributed by atoms with Crippen molar-refractivity contribution in [2.75, 3.05) is 0 Å². The predicted molar refractivity (Wildman–Crippen MR) is 142 cm³/mol. The van der Waals surface area contributed by atoms with Crippen LogP contribution in [0.5, 0.6) is 0 Å². The molecule has 2 aliphatic carbocycles. The average molecular weight is 485 g/mol. The largest absolute Gasteiger partial charge is 0.329 e. The first kappa shape index (κ1) is 22.5. The maximum Gasteiger partial charge on any atom is 0.278 e. The molecule has 4 atom stereocenters. The molecule has 4 heterocycles. The molecule has 4 aliphatic rings. The van der Waals surface area contributed by atoms with Crippen molar-refractivity contribution >= 4 is 11.0 Å². The van der Waals surface area contributed by atoms with Gasteiger partial charge in [-0.25, -0.2) is 4.98 Å². The van der Waals surface area contributed by atoms with Crippen LogP contribution < -0.4 is 11.1 Å². The van der Waals surface area contributed by atoms with Gasteiger partial charge in [0.2, 0.25) is 0 Å². The summed E-state index contributed by atoms with van der Waals surface area (Å²) >= 11 is 0. The Bertz CT molecular complexity index is 1370. The van der Waals surface area contributed by atoms with Gasteiger partial charge in [-0.15, -0.1) is 0 Å². The van der Waals surface area contributed by atoms with E-state index >= 15 is 0 Å². The SMILES string of the molecule is O=c1[nH]cccc1-c1nc2ccccc2n(C2CC3CCCC(C2)N3C2CC3CCCC(C3)C2)c1=O. The van der Waals surface area contributed by atoms with Gasteiger partial charge in [0.05, 0.1) is 16.6 Å². The van der Waals surface area contributed by atoms with E-state index in [9.17, 15) is 9.59 Å². The van der Waals surface area contributed by atoms with Gasteiger partial charge >= 0.3 is 0 Å². The quantitative estimate of drug-likeness (QED) is 0.549. The van der Waals surface area contributed by atoms with Crippen molar-refractivity contribution in [2.24, 2.45) is 11.8 Å². The van der Waals surface area contributed by atoms with Crippen molar-refractivity contribution in [3.8, 4) is 11.3 Å². The molecule has 0 spiro atoms. The second kappa shape index (κ2) is 8.98. The van der Waals surface area contributed by atoms with Crippen LogP contribution >= 0.6 is 0 Å². The lowest BCUT2D eigenvalue weighted by Gasteiger charge is -2.55. The number of aromatic amines is 1. The standard InChI is InChI=1S/C30H36N4O2/c35-29-25(10-5-13-31-29)28-30(36)34(27-12-2-1-11-26(27)32-28)24-17-21-8-4-9-22(18-24)33(21)23-15-19-6-3-7-20(14-19)16-23/h1-2,5,10-13,19-24H,3-4,6-9,14-18H2,(H,31,35). The zero-order valence-corrected chi connectivity index (χ0v) is 20.9. The second-order valence-electron chi connectivity index (χ2n) is 11.9. The summed E-state index contributed by atoms with van der Waals surface area (Å²) in [6, 6.07) is 13.4. The number of benzene rings is 1. The minimum atomic E-state index is -0.265. The number of nitrogens with one attached hydrogen (secondary N) is 1. The van der Waals surface area contributed by atoms with Gasteiger partial charge < -0.3 is 9.55 Å². The van der Waals surface area contributed by atoms with E-state index in [1.807, 2.05) is 28.8 Å². The summed E-state index contributed by atoms with van der Waals surface area (Å²) < 4.78 is 2.00. The highest BCUT2D eigenvalue weighted by Gasteiger charge is 2.45. The number of pyridine rings is 1. The van der Waals surface area contributed by atoms with Crippen LogP contribution in [0.4, 0.5) is 0 Å². The summed E-state index contributed by atoms with van der Waals surface area (Å²) in [4.78, 5) is 36.9. The Morgan fingerprint density at radius 2 is 1.47 bits per heavy atom. The van der Waals surface area contributed by atoms with Crippen LogP contribution in [0.2, 0.25) is 0 Å². The van der Waals surface area contributed by atoms with Crippen LogP contribution in [0, 0.1) is 11.8 Å². The summed E-state index contributed by atoms with van der Waals surface area (Å²) in [6.07, 6.45) is 15.9. The molecule has 0 radical (unpaired) electrons. The molecule has 2 aromatic heterocycles. The van der Waals surface area contributed by atoms with E-state index in [1.165, 1.54) is 57.8 Å². The summed E-state index contributed by atoms with van der Waals surface area (Å²) in [5, 5.41) is 0. The molecule has 1 aromatic carbocycles. The summed E-state index contributed by atoms with van der Waals surface area (Å²) in [5.41, 5.74) is 1.90. The molecule has 6 heteroatoms. The number of piperidine rings is 2. The molecule has 1 N–H and O–H groups in total. The molecular formula is C30H36N4O2. The highest BCUT2D eigenvalue weighted by Crippen LogP contribution is 2.47. The van der Waals surface area contributed by atoms with Crippen molar-refractivity contribution in [1.82, 2.24) is 19.4 Å². The molecule has 7 rings (SSSR count). The fourth-order valence-electron chi connectivity index (χ4n) is 8.44. The molecule has 4 unspecified atom stereocenters. The van der Waals surface area contributed by atoms with Crippen molar-refractivity contribution in [3.05, 3.63) is 63.3 Å². The minimum Gasteiger partial charge on any atom is -0.329 e. The van der Waals surface area contributed by atoms with E-state index in [-0.39, 0.29) is 22.9 Å². The Morgan fingerprint density at radius 1 is 0.750 bits per heavy atom. The lowest BCUT2D eigenvalue weighted by Crippen LogP contribution is -2.58. The van der Waals surface area contributed by atoms with Crippen molar-refractivity contribution < 1.29 is 0 Å². The summed E-state index contributed by atoms with van der Waals surface area (Å²) in [7, 11) is 0. The van der Waals surface area contributed by atoms with Crippen LogP contribution in [0.15, 0.2) is 52.2 Å². The van der Waals surface area contributed by atoms with Gasteiger partial charge in [0.15, 0.2) is 0 Å². The lowest BCUT2D eigenvalue weighted by atomic mass is 9.68. The van der Waals surface area contributed by atoms with Gasteiger partial charge in [-0.1, -0.05) is 37.8 Å². The van der Waals surface area contributed by atoms with E-state index in [1.54, 1.807) is 18.3 Å². The first-order chi connectivity index (χ1) is 17.7. The average Bonchev–Trinajstić information content (AvgIpc) is 2.88. The Kier molecular flexibility index (Phi) is 5.61. The smallest absolute Gasteiger partial charge is 0.278 e. The number of hydrogen-bond donors (Lipinski definition) is 1. The molecule has 4 fully saturated rings. The van der Waals surface area contributed by atoms with E-state index < -0.39 is 0 Å². The summed E-state index contributed by atoms with van der Waals surface area (Å²) in [6.45, 7) is 0. The number of H-pyrrole nitrogens is 1. The number of aromatic nitrogens is 3.